The zero-order chi connectivity index (χ0) is 12.3. The summed E-state index contributed by atoms with van der Waals surface area (Å²) in [7, 11) is 0. The van der Waals surface area contributed by atoms with Crippen molar-refractivity contribution in [3.63, 3.8) is 0 Å². The lowest BCUT2D eigenvalue weighted by Gasteiger charge is -1.96. The molecule has 1 aromatic carbocycles. The van der Waals surface area contributed by atoms with Crippen LogP contribution in [-0.2, 0) is 6.42 Å². The van der Waals surface area contributed by atoms with Gasteiger partial charge in [0.25, 0.3) is 5.91 Å². The Bertz CT molecular complexity index is 522. The van der Waals surface area contributed by atoms with Crippen LogP contribution in [-0.4, -0.2) is 10.9 Å². The highest BCUT2D eigenvalue weighted by molar-refractivity contribution is 7.13. The molecule has 0 aliphatic rings. The first-order chi connectivity index (χ1) is 8.20. The maximum Gasteiger partial charge on any atom is 0.277 e. The van der Waals surface area contributed by atoms with Gasteiger partial charge in [0.05, 0.1) is 10.7 Å². The number of amides is 1. The van der Waals surface area contributed by atoms with E-state index in [1.54, 1.807) is 0 Å². The number of nitrogens with one attached hydrogen (secondary N) is 1. The second-order valence-corrected chi connectivity index (χ2v) is 4.74. The molecule has 0 saturated carbocycles. The molecule has 0 aliphatic heterocycles. The number of rotatable bonds is 3. The highest BCUT2D eigenvalue weighted by atomic mass is 32.1. The van der Waals surface area contributed by atoms with Crippen LogP contribution in [0.2, 0.25) is 0 Å². The molecule has 4 nitrogen and oxygen atoms in total. The van der Waals surface area contributed by atoms with Crippen LogP contribution in [0, 0.1) is 6.92 Å². The fraction of sp³-hybridized carbons (Fsp3) is 0.167. The molecule has 0 atom stereocenters. The maximum absolute atomic E-state index is 11.4. The minimum absolute atomic E-state index is 0.278. The lowest BCUT2D eigenvalue weighted by molar-refractivity contribution is 0.0957. The fourth-order valence-electron chi connectivity index (χ4n) is 1.57. The lowest BCUT2D eigenvalue weighted by Crippen LogP contribution is -2.29. The molecule has 17 heavy (non-hydrogen) atoms. The average Bonchev–Trinajstić information content (AvgIpc) is 2.70. The number of aryl methyl sites for hydroxylation is 1. The highest BCUT2D eigenvalue weighted by Gasteiger charge is 2.14. The summed E-state index contributed by atoms with van der Waals surface area (Å²) in [6.45, 7) is 1.82. The largest absolute Gasteiger partial charge is 0.289 e. The van der Waals surface area contributed by atoms with E-state index in [0.29, 0.717) is 4.88 Å². The first kappa shape index (κ1) is 11.8. The van der Waals surface area contributed by atoms with Crippen LogP contribution in [0.25, 0.3) is 0 Å². The Balaban J connectivity index is 2.21. The van der Waals surface area contributed by atoms with E-state index >= 15 is 0 Å². The SMILES string of the molecule is Cc1nc(Cc2ccccc2)sc1C(=O)NN. The topological polar surface area (TPSA) is 68.0 Å². The van der Waals surface area contributed by atoms with E-state index in [1.165, 1.54) is 16.9 Å². The summed E-state index contributed by atoms with van der Waals surface area (Å²) in [5, 5.41) is 0.923. The number of thiazole rings is 1. The molecule has 0 spiro atoms. The van der Waals surface area contributed by atoms with Crippen LogP contribution in [0.5, 0.6) is 0 Å². The Morgan fingerprint density at radius 1 is 1.41 bits per heavy atom. The number of aromatic nitrogens is 1. The third-order valence-corrected chi connectivity index (χ3v) is 3.53. The summed E-state index contributed by atoms with van der Waals surface area (Å²) in [6.07, 6.45) is 0.740. The Labute approximate surface area is 103 Å². The lowest BCUT2D eigenvalue weighted by atomic mass is 10.2. The molecule has 1 aromatic heterocycles. The van der Waals surface area contributed by atoms with Gasteiger partial charge in [-0.25, -0.2) is 10.8 Å². The van der Waals surface area contributed by atoms with Crippen molar-refractivity contribution in [3.05, 3.63) is 51.5 Å². The van der Waals surface area contributed by atoms with E-state index in [9.17, 15) is 4.79 Å². The number of hydrogen-bond acceptors (Lipinski definition) is 4. The molecule has 3 N–H and O–H groups in total. The highest BCUT2D eigenvalue weighted by Crippen LogP contribution is 2.20. The molecule has 0 aliphatic carbocycles. The van der Waals surface area contributed by atoms with Gasteiger partial charge in [-0.2, -0.15) is 0 Å². The number of carbonyl (C=O) groups excluding carboxylic acids is 1. The van der Waals surface area contributed by atoms with E-state index in [4.69, 9.17) is 5.84 Å². The first-order valence-corrected chi connectivity index (χ1v) is 6.03. The summed E-state index contributed by atoms with van der Waals surface area (Å²) in [5.41, 5.74) is 4.04. The van der Waals surface area contributed by atoms with Crippen molar-refractivity contribution in [2.45, 2.75) is 13.3 Å². The summed E-state index contributed by atoms with van der Waals surface area (Å²) in [4.78, 5) is 16.4. The van der Waals surface area contributed by atoms with Crippen molar-refractivity contribution in [1.82, 2.24) is 10.4 Å². The van der Waals surface area contributed by atoms with Gasteiger partial charge >= 0.3 is 0 Å². The summed E-state index contributed by atoms with van der Waals surface area (Å²) in [5.74, 6) is 4.84. The zero-order valence-electron chi connectivity index (χ0n) is 9.43. The molecule has 0 bridgehead atoms. The van der Waals surface area contributed by atoms with Crippen molar-refractivity contribution >= 4 is 17.2 Å². The van der Waals surface area contributed by atoms with Crippen LogP contribution in [0.3, 0.4) is 0 Å². The number of nitrogens with two attached hydrogens (primary N) is 1. The van der Waals surface area contributed by atoms with Gasteiger partial charge in [-0.1, -0.05) is 30.3 Å². The molecule has 0 unspecified atom stereocenters. The molecular weight excluding hydrogens is 234 g/mol. The van der Waals surface area contributed by atoms with Crippen molar-refractivity contribution in [2.24, 2.45) is 5.84 Å². The van der Waals surface area contributed by atoms with Gasteiger partial charge in [0.1, 0.15) is 4.88 Å². The van der Waals surface area contributed by atoms with Crippen LogP contribution in [0.4, 0.5) is 0 Å². The Hall–Kier alpha value is -1.72. The number of nitrogen functional groups attached to an aromatic ring is 1. The van der Waals surface area contributed by atoms with E-state index in [0.717, 1.165) is 17.1 Å². The first-order valence-electron chi connectivity index (χ1n) is 5.22. The summed E-state index contributed by atoms with van der Waals surface area (Å²) in [6, 6.07) is 10.0. The Morgan fingerprint density at radius 2 is 2.12 bits per heavy atom. The van der Waals surface area contributed by atoms with Gasteiger partial charge in [-0.15, -0.1) is 11.3 Å². The van der Waals surface area contributed by atoms with Gasteiger partial charge in [0, 0.05) is 6.42 Å². The van der Waals surface area contributed by atoms with E-state index in [2.05, 4.69) is 10.4 Å². The van der Waals surface area contributed by atoms with Gasteiger partial charge < -0.3 is 0 Å². The van der Waals surface area contributed by atoms with Crippen LogP contribution < -0.4 is 11.3 Å². The number of nitrogens with zero attached hydrogens (tertiary/aromatic N) is 1. The second-order valence-electron chi connectivity index (χ2n) is 3.66. The standard InChI is InChI=1S/C12H13N3OS/c1-8-11(12(16)15-13)17-10(14-8)7-9-5-3-2-4-6-9/h2-6H,7,13H2,1H3,(H,15,16). The zero-order valence-corrected chi connectivity index (χ0v) is 10.3. The van der Waals surface area contributed by atoms with Crippen molar-refractivity contribution in [2.75, 3.05) is 0 Å². The minimum Gasteiger partial charge on any atom is -0.289 e. The Morgan fingerprint density at radius 3 is 2.76 bits per heavy atom. The molecule has 1 amide bonds. The predicted octanol–water partition coefficient (Wildman–Crippen LogP) is 1.65. The van der Waals surface area contributed by atoms with Gasteiger partial charge in [0.15, 0.2) is 0 Å². The number of hydrogen-bond donors (Lipinski definition) is 2. The number of benzene rings is 1. The second kappa shape index (κ2) is 5.07. The molecule has 0 radical (unpaired) electrons. The van der Waals surface area contributed by atoms with Crippen LogP contribution >= 0.6 is 11.3 Å². The third-order valence-electron chi connectivity index (χ3n) is 2.38. The van der Waals surface area contributed by atoms with E-state index in [-0.39, 0.29) is 5.91 Å². The third kappa shape index (κ3) is 2.69. The molecule has 5 heteroatoms. The molecule has 2 rings (SSSR count). The molecule has 0 fully saturated rings. The molecule has 0 saturated heterocycles. The van der Waals surface area contributed by atoms with Crippen molar-refractivity contribution in [3.8, 4) is 0 Å². The maximum atomic E-state index is 11.4. The fourth-order valence-corrected chi connectivity index (χ4v) is 2.58. The quantitative estimate of drug-likeness (QED) is 0.492. The molecule has 88 valence electrons. The van der Waals surface area contributed by atoms with Crippen molar-refractivity contribution in [1.29, 1.82) is 0 Å². The van der Waals surface area contributed by atoms with Gasteiger partial charge in [-0.05, 0) is 12.5 Å². The van der Waals surface area contributed by atoms with Crippen LogP contribution in [0.1, 0.15) is 25.9 Å². The van der Waals surface area contributed by atoms with Gasteiger partial charge in [0.2, 0.25) is 0 Å². The van der Waals surface area contributed by atoms with Crippen molar-refractivity contribution < 1.29 is 4.79 Å². The van der Waals surface area contributed by atoms with Crippen LogP contribution in [0.15, 0.2) is 30.3 Å². The average molecular weight is 247 g/mol. The molecule has 1 heterocycles. The Kier molecular flexibility index (Phi) is 3.51. The normalized spacial score (nSPS) is 10.2. The van der Waals surface area contributed by atoms with Gasteiger partial charge in [-0.3, -0.25) is 10.2 Å². The summed E-state index contributed by atoms with van der Waals surface area (Å²) >= 11 is 1.38. The number of hydrazine groups is 1. The van der Waals surface area contributed by atoms with E-state index < -0.39 is 0 Å². The number of carbonyl (C=O) groups is 1. The molecular formula is C12H13N3OS. The summed E-state index contributed by atoms with van der Waals surface area (Å²) < 4.78 is 0. The molecule has 2 aromatic rings. The van der Waals surface area contributed by atoms with E-state index in [1.807, 2.05) is 37.3 Å². The monoisotopic (exact) mass is 247 g/mol. The minimum atomic E-state index is -0.278. The predicted molar refractivity (Wildman–Crippen MR) is 67.8 cm³/mol. The smallest absolute Gasteiger partial charge is 0.277 e.